The number of ether oxygens (including phenoxy) is 1. The molecule has 2 atom stereocenters. The third kappa shape index (κ3) is 2.27. The lowest BCUT2D eigenvalue weighted by Crippen LogP contribution is -2.34. The van der Waals surface area contributed by atoms with E-state index >= 15 is 0 Å². The van der Waals surface area contributed by atoms with Crippen molar-refractivity contribution in [1.82, 2.24) is 10.2 Å². The quantitative estimate of drug-likeness (QED) is 0.760. The Morgan fingerprint density at radius 1 is 1.38 bits per heavy atom. The van der Waals surface area contributed by atoms with Crippen LogP contribution in [0.3, 0.4) is 0 Å². The van der Waals surface area contributed by atoms with Crippen molar-refractivity contribution in [3.05, 3.63) is 0 Å². The molecule has 0 bridgehead atoms. The molecule has 16 heavy (non-hydrogen) atoms. The lowest BCUT2D eigenvalue weighted by molar-refractivity contribution is 0.0404. The van der Waals surface area contributed by atoms with Crippen LogP contribution < -0.4 is 5.32 Å². The molecule has 3 nitrogen and oxygen atoms in total. The minimum atomic E-state index is 0.634. The van der Waals surface area contributed by atoms with E-state index in [9.17, 15) is 0 Å². The maximum Gasteiger partial charge on any atom is 0.0506 e. The van der Waals surface area contributed by atoms with Crippen molar-refractivity contribution in [2.75, 3.05) is 45.9 Å². The topological polar surface area (TPSA) is 24.5 Å². The minimum absolute atomic E-state index is 0.634. The van der Waals surface area contributed by atoms with Crippen LogP contribution in [0.1, 0.15) is 25.7 Å². The van der Waals surface area contributed by atoms with Gasteiger partial charge in [0.2, 0.25) is 0 Å². The highest BCUT2D eigenvalue weighted by molar-refractivity contribution is 4.95. The van der Waals surface area contributed by atoms with Crippen molar-refractivity contribution in [3.63, 3.8) is 0 Å². The van der Waals surface area contributed by atoms with Crippen LogP contribution in [0.15, 0.2) is 0 Å². The second kappa shape index (κ2) is 4.63. The number of hydrogen-bond donors (Lipinski definition) is 1. The van der Waals surface area contributed by atoms with E-state index in [0.29, 0.717) is 5.41 Å². The molecule has 3 saturated heterocycles. The van der Waals surface area contributed by atoms with Gasteiger partial charge < -0.3 is 15.0 Å². The lowest BCUT2D eigenvalue weighted by Gasteiger charge is -2.28. The van der Waals surface area contributed by atoms with E-state index in [1.54, 1.807) is 0 Å². The van der Waals surface area contributed by atoms with Gasteiger partial charge in [-0.2, -0.15) is 0 Å². The van der Waals surface area contributed by atoms with E-state index in [4.69, 9.17) is 4.74 Å². The van der Waals surface area contributed by atoms with Crippen LogP contribution in [0, 0.1) is 11.3 Å². The van der Waals surface area contributed by atoms with Crippen LogP contribution in [0.2, 0.25) is 0 Å². The molecule has 3 rings (SSSR count). The molecule has 0 aromatic rings. The van der Waals surface area contributed by atoms with Crippen LogP contribution in [0.4, 0.5) is 0 Å². The Hall–Kier alpha value is -0.120. The van der Waals surface area contributed by atoms with Crippen LogP contribution in [0.25, 0.3) is 0 Å². The molecule has 2 unspecified atom stereocenters. The Kier molecular flexibility index (Phi) is 3.18. The maximum absolute atomic E-state index is 5.57. The van der Waals surface area contributed by atoms with Gasteiger partial charge in [0, 0.05) is 26.2 Å². The summed E-state index contributed by atoms with van der Waals surface area (Å²) in [7, 11) is 0. The monoisotopic (exact) mass is 224 g/mol. The summed E-state index contributed by atoms with van der Waals surface area (Å²) in [6, 6.07) is 0. The molecule has 3 heterocycles. The molecular weight excluding hydrogens is 200 g/mol. The molecule has 3 aliphatic heterocycles. The third-order valence-corrected chi connectivity index (χ3v) is 4.62. The molecule has 3 aliphatic rings. The van der Waals surface area contributed by atoms with E-state index in [0.717, 1.165) is 19.1 Å². The molecule has 92 valence electrons. The van der Waals surface area contributed by atoms with E-state index in [1.165, 1.54) is 58.4 Å². The molecule has 0 aliphatic carbocycles. The van der Waals surface area contributed by atoms with Crippen LogP contribution in [-0.2, 0) is 4.74 Å². The van der Waals surface area contributed by atoms with Gasteiger partial charge in [0.15, 0.2) is 0 Å². The summed E-state index contributed by atoms with van der Waals surface area (Å²) in [5.74, 6) is 0.804. The molecule has 3 fully saturated rings. The molecule has 0 radical (unpaired) electrons. The van der Waals surface area contributed by atoms with Gasteiger partial charge in [-0.15, -0.1) is 0 Å². The fraction of sp³-hybridized carbons (Fsp3) is 1.00. The Balaban J connectivity index is 1.49. The predicted molar refractivity (Wildman–Crippen MR) is 64.5 cm³/mol. The maximum atomic E-state index is 5.57. The number of nitrogens with one attached hydrogen (secondary N) is 1. The average molecular weight is 224 g/mol. The molecule has 0 amide bonds. The van der Waals surface area contributed by atoms with Crippen molar-refractivity contribution < 1.29 is 4.74 Å². The fourth-order valence-corrected chi connectivity index (χ4v) is 3.64. The largest absolute Gasteiger partial charge is 0.381 e. The highest BCUT2D eigenvalue weighted by atomic mass is 16.5. The zero-order chi connectivity index (χ0) is 10.8. The second-order valence-corrected chi connectivity index (χ2v) is 6.00. The van der Waals surface area contributed by atoms with E-state index in [1.807, 2.05) is 0 Å². The van der Waals surface area contributed by atoms with E-state index in [-0.39, 0.29) is 0 Å². The Labute approximate surface area is 98.5 Å². The van der Waals surface area contributed by atoms with Gasteiger partial charge in [-0.25, -0.2) is 0 Å². The molecule has 0 aromatic heterocycles. The van der Waals surface area contributed by atoms with Gasteiger partial charge in [-0.1, -0.05) is 0 Å². The number of rotatable bonds is 2. The van der Waals surface area contributed by atoms with E-state index < -0.39 is 0 Å². The first-order chi connectivity index (χ1) is 7.86. The zero-order valence-electron chi connectivity index (χ0n) is 10.2. The number of hydrogen-bond acceptors (Lipinski definition) is 3. The summed E-state index contributed by atoms with van der Waals surface area (Å²) >= 11 is 0. The van der Waals surface area contributed by atoms with Crippen LogP contribution in [-0.4, -0.2) is 50.8 Å². The van der Waals surface area contributed by atoms with Crippen LogP contribution >= 0.6 is 0 Å². The molecule has 1 spiro atoms. The fourth-order valence-electron chi connectivity index (χ4n) is 3.64. The first kappa shape index (κ1) is 11.0. The third-order valence-electron chi connectivity index (χ3n) is 4.62. The lowest BCUT2D eigenvalue weighted by atomic mass is 9.86. The van der Waals surface area contributed by atoms with Crippen molar-refractivity contribution in [2.45, 2.75) is 25.7 Å². The highest BCUT2D eigenvalue weighted by Crippen LogP contribution is 2.36. The van der Waals surface area contributed by atoms with Gasteiger partial charge in [-0.3, -0.25) is 0 Å². The van der Waals surface area contributed by atoms with Gasteiger partial charge >= 0.3 is 0 Å². The van der Waals surface area contributed by atoms with Gasteiger partial charge in [0.25, 0.3) is 0 Å². The highest BCUT2D eigenvalue weighted by Gasteiger charge is 2.40. The summed E-state index contributed by atoms with van der Waals surface area (Å²) in [5.41, 5.74) is 0.634. The summed E-state index contributed by atoms with van der Waals surface area (Å²) in [4.78, 5) is 2.69. The number of likely N-dealkylation sites (tertiary alicyclic amines) is 1. The van der Waals surface area contributed by atoms with Crippen molar-refractivity contribution >= 4 is 0 Å². The molecule has 0 aromatic carbocycles. The normalized spacial score (nSPS) is 40.9. The molecule has 0 saturated carbocycles. The van der Waals surface area contributed by atoms with Gasteiger partial charge in [0.05, 0.1) is 6.61 Å². The van der Waals surface area contributed by atoms with Gasteiger partial charge in [0.1, 0.15) is 0 Å². The van der Waals surface area contributed by atoms with Crippen molar-refractivity contribution in [3.8, 4) is 0 Å². The standard InChI is InChI=1S/C13H24N2O/c1-2-12(9-16-7-1)8-15-6-4-13(11-15)3-5-14-10-13/h12,14H,1-11H2. The van der Waals surface area contributed by atoms with Crippen molar-refractivity contribution in [1.29, 1.82) is 0 Å². The minimum Gasteiger partial charge on any atom is -0.381 e. The van der Waals surface area contributed by atoms with Gasteiger partial charge in [-0.05, 0) is 50.1 Å². The second-order valence-electron chi connectivity index (χ2n) is 6.00. The average Bonchev–Trinajstić information content (AvgIpc) is 2.92. The van der Waals surface area contributed by atoms with E-state index in [2.05, 4.69) is 10.2 Å². The summed E-state index contributed by atoms with van der Waals surface area (Å²) in [6.45, 7) is 8.41. The number of nitrogens with zero attached hydrogens (tertiary/aromatic N) is 1. The summed E-state index contributed by atoms with van der Waals surface area (Å²) < 4.78 is 5.57. The Morgan fingerprint density at radius 3 is 3.12 bits per heavy atom. The Morgan fingerprint density at radius 2 is 2.38 bits per heavy atom. The van der Waals surface area contributed by atoms with Crippen LogP contribution in [0.5, 0.6) is 0 Å². The molecule has 3 heteroatoms. The SMILES string of the molecule is C1COCC(CN2CCC3(CCNC3)C2)C1. The smallest absolute Gasteiger partial charge is 0.0506 e. The zero-order valence-corrected chi connectivity index (χ0v) is 10.2. The Bertz CT molecular complexity index is 232. The first-order valence-electron chi connectivity index (χ1n) is 6.87. The predicted octanol–water partition coefficient (Wildman–Crippen LogP) is 1.10. The first-order valence-corrected chi connectivity index (χ1v) is 6.87. The summed E-state index contributed by atoms with van der Waals surface area (Å²) in [5, 5.41) is 3.53. The molecular formula is C13H24N2O. The molecule has 1 N–H and O–H groups in total. The summed E-state index contributed by atoms with van der Waals surface area (Å²) in [6.07, 6.45) is 5.45. The van der Waals surface area contributed by atoms with Crippen molar-refractivity contribution in [2.24, 2.45) is 11.3 Å².